The first kappa shape index (κ1) is 15.6. The van der Waals surface area contributed by atoms with Gasteiger partial charge in [-0.15, -0.1) is 0 Å². The molecule has 0 saturated carbocycles. The number of aromatic nitrogens is 1. The van der Waals surface area contributed by atoms with E-state index < -0.39 is 5.97 Å². The molecule has 1 atom stereocenters. The molecule has 0 bridgehead atoms. The summed E-state index contributed by atoms with van der Waals surface area (Å²) in [6, 6.07) is 3.59. The molecule has 1 aromatic rings. The fraction of sp³-hybridized carbons (Fsp3) is 0.600. The molecule has 116 valence electrons. The number of hydrogen-bond acceptors (Lipinski definition) is 3. The van der Waals surface area contributed by atoms with Gasteiger partial charge in [0.25, 0.3) is 0 Å². The predicted octanol–water partition coefficient (Wildman–Crippen LogP) is 1.13. The summed E-state index contributed by atoms with van der Waals surface area (Å²) < 4.78 is 1.50. The van der Waals surface area contributed by atoms with Gasteiger partial charge in [0.05, 0.1) is 0 Å². The number of carboxylic acid groups (broad SMARTS) is 1. The van der Waals surface area contributed by atoms with E-state index in [0.29, 0.717) is 6.04 Å². The van der Waals surface area contributed by atoms with Gasteiger partial charge in [0.2, 0.25) is 5.91 Å². The summed E-state index contributed by atoms with van der Waals surface area (Å²) >= 11 is 0. The maximum Gasteiger partial charge on any atom is 0.352 e. The number of hydrogen-bond donors (Lipinski definition) is 1. The van der Waals surface area contributed by atoms with Gasteiger partial charge >= 0.3 is 5.97 Å². The molecule has 0 aliphatic carbocycles. The molecule has 0 spiro atoms. The van der Waals surface area contributed by atoms with Crippen molar-refractivity contribution in [2.75, 3.05) is 26.2 Å². The number of rotatable bonds is 6. The SMILES string of the molecule is CCN(CC)C1CCN(C(=O)Cn2cccc2C(=O)O)C1. The molecule has 1 aliphatic rings. The van der Waals surface area contributed by atoms with Gasteiger partial charge in [0, 0.05) is 25.3 Å². The summed E-state index contributed by atoms with van der Waals surface area (Å²) in [4.78, 5) is 27.6. The zero-order valence-corrected chi connectivity index (χ0v) is 12.7. The summed E-state index contributed by atoms with van der Waals surface area (Å²) in [5.41, 5.74) is 0.155. The summed E-state index contributed by atoms with van der Waals surface area (Å²) in [6.07, 6.45) is 2.63. The van der Waals surface area contributed by atoms with Crippen molar-refractivity contribution in [2.45, 2.75) is 32.9 Å². The molecule has 1 saturated heterocycles. The Hall–Kier alpha value is -1.82. The zero-order chi connectivity index (χ0) is 15.4. The van der Waals surface area contributed by atoms with Gasteiger partial charge in [-0.2, -0.15) is 0 Å². The molecule has 6 heteroatoms. The number of carboxylic acids is 1. The minimum Gasteiger partial charge on any atom is -0.477 e. The van der Waals surface area contributed by atoms with E-state index in [4.69, 9.17) is 5.11 Å². The van der Waals surface area contributed by atoms with Crippen LogP contribution in [0, 0.1) is 0 Å². The standard InChI is InChI=1S/C15H23N3O3/c1-3-16(4-2)12-7-9-18(10-12)14(19)11-17-8-5-6-13(17)15(20)21/h5-6,8,12H,3-4,7,9-11H2,1-2H3,(H,20,21). The van der Waals surface area contributed by atoms with Crippen LogP contribution < -0.4 is 0 Å². The van der Waals surface area contributed by atoms with Crippen molar-refractivity contribution in [3.8, 4) is 0 Å². The van der Waals surface area contributed by atoms with Gasteiger partial charge in [-0.05, 0) is 31.6 Å². The minimum absolute atomic E-state index is 0.0108. The topological polar surface area (TPSA) is 65.8 Å². The van der Waals surface area contributed by atoms with Crippen molar-refractivity contribution in [3.63, 3.8) is 0 Å². The van der Waals surface area contributed by atoms with Crippen LogP contribution in [0.25, 0.3) is 0 Å². The molecule has 1 unspecified atom stereocenters. The third-order valence-electron chi connectivity index (χ3n) is 4.20. The normalized spacial score (nSPS) is 18.4. The van der Waals surface area contributed by atoms with Crippen molar-refractivity contribution in [3.05, 3.63) is 24.0 Å². The van der Waals surface area contributed by atoms with E-state index in [2.05, 4.69) is 18.7 Å². The Labute approximate surface area is 124 Å². The maximum absolute atomic E-state index is 12.3. The van der Waals surface area contributed by atoms with Crippen LogP contribution in [0.15, 0.2) is 18.3 Å². The first-order chi connectivity index (χ1) is 10.1. The second-order valence-electron chi connectivity index (χ2n) is 5.33. The van der Waals surface area contributed by atoms with E-state index in [9.17, 15) is 9.59 Å². The Morgan fingerprint density at radius 1 is 1.38 bits per heavy atom. The maximum atomic E-state index is 12.3. The van der Waals surface area contributed by atoms with Crippen molar-refractivity contribution < 1.29 is 14.7 Å². The van der Waals surface area contributed by atoms with Crippen molar-refractivity contribution in [2.24, 2.45) is 0 Å². The lowest BCUT2D eigenvalue weighted by molar-refractivity contribution is -0.131. The van der Waals surface area contributed by atoms with Crippen LogP contribution >= 0.6 is 0 Å². The lowest BCUT2D eigenvalue weighted by Gasteiger charge is -2.26. The Bertz CT molecular complexity index is 508. The highest BCUT2D eigenvalue weighted by Gasteiger charge is 2.29. The van der Waals surface area contributed by atoms with Crippen molar-refractivity contribution in [1.29, 1.82) is 0 Å². The van der Waals surface area contributed by atoms with E-state index in [1.807, 2.05) is 4.90 Å². The minimum atomic E-state index is -1.00. The molecular formula is C15H23N3O3. The van der Waals surface area contributed by atoms with Gasteiger partial charge in [-0.25, -0.2) is 4.79 Å². The Balaban J connectivity index is 1.96. The van der Waals surface area contributed by atoms with E-state index >= 15 is 0 Å². The van der Waals surface area contributed by atoms with Crippen LogP contribution in [-0.2, 0) is 11.3 Å². The highest BCUT2D eigenvalue weighted by Crippen LogP contribution is 2.16. The molecule has 0 radical (unpaired) electrons. The molecule has 1 N–H and O–H groups in total. The smallest absolute Gasteiger partial charge is 0.352 e. The Morgan fingerprint density at radius 3 is 2.71 bits per heavy atom. The van der Waals surface area contributed by atoms with Crippen LogP contribution in [0.2, 0.25) is 0 Å². The summed E-state index contributed by atoms with van der Waals surface area (Å²) in [5, 5.41) is 9.06. The van der Waals surface area contributed by atoms with Crippen LogP contribution in [0.3, 0.4) is 0 Å². The first-order valence-corrected chi connectivity index (χ1v) is 7.47. The second kappa shape index (κ2) is 6.76. The van der Waals surface area contributed by atoms with Gasteiger partial charge in [0.1, 0.15) is 12.2 Å². The average Bonchev–Trinajstić information content (AvgIpc) is 3.09. The molecule has 6 nitrogen and oxygen atoms in total. The van der Waals surface area contributed by atoms with Gasteiger partial charge < -0.3 is 14.6 Å². The zero-order valence-electron chi connectivity index (χ0n) is 12.7. The lowest BCUT2D eigenvalue weighted by atomic mass is 10.2. The third-order valence-corrected chi connectivity index (χ3v) is 4.20. The van der Waals surface area contributed by atoms with Gasteiger partial charge in [-0.3, -0.25) is 9.69 Å². The van der Waals surface area contributed by atoms with E-state index in [1.165, 1.54) is 10.6 Å². The molecule has 2 heterocycles. The first-order valence-electron chi connectivity index (χ1n) is 7.47. The summed E-state index contributed by atoms with van der Waals surface area (Å²) in [6.45, 7) is 7.83. The van der Waals surface area contributed by atoms with Crippen LogP contribution in [0.4, 0.5) is 0 Å². The highest BCUT2D eigenvalue weighted by molar-refractivity contribution is 5.87. The second-order valence-corrected chi connectivity index (χ2v) is 5.33. The van der Waals surface area contributed by atoms with E-state index in [-0.39, 0.29) is 18.1 Å². The van der Waals surface area contributed by atoms with E-state index in [1.54, 1.807) is 12.3 Å². The monoisotopic (exact) mass is 293 g/mol. The molecule has 0 aromatic carbocycles. The quantitative estimate of drug-likeness (QED) is 0.854. The molecule has 1 amide bonds. The molecule has 2 rings (SSSR count). The average molecular weight is 293 g/mol. The summed E-state index contributed by atoms with van der Waals surface area (Å²) in [5.74, 6) is -1.02. The number of likely N-dealkylation sites (N-methyl/N-ethyl adjacent to an activating group) is 1. The predicted molar refractivity (Wildman–Crippen MR) is 79.3 cm³/mol. The molecule has 1 aliphatic heterocycles. The largest absolute Gasteiger partial charge is 0.477 e. The fourth-order valence-electron chi connectivity index (χ4n) is 3.00. The van der Waals surface area contributed by atoms with Crippen LogP contribution in [-0.4, -0.2) is 63.6 Å². The number of nitrogens with zero attached hydrogens (tertiary/aromatic N) is 3. The number of aromatic carboxylic acids is 1. The van der Waals surface area contributed by atoms with Crippen LogP contribution in [0.5, 0.6) is 0 Å². The van der Waals surface area contributed by atoms with Crippen molar-refractivity contribution in [1.82, 2.24) is 14.4 Å². The molecular weight excluding hydrogens is 270 g/mol. The number of likely N-dealkylation sites (tertiary alicyclic amines) is 1. The fourth-order valence-corrected chi connectivity index (χ4v) is 3.00. The Kier molecular flexibility index (Phi) is 5.01. The molecule has 1 aromatic heterocycles. The van der Waals surface area contributed by atoms with E-state index in [0.717, 1.165) is 32.6 Å². The van der Waals surface area contributed by atoms with Gasteiger partial charge in [0.15, 0.2) is 0 Å². The molecule has 1 fully saturated rings. The lowest BCUT2D eigenvalue weighted by Crippen LogP contribution is -2.39. The van der Waals surface area contributed by atoms with Crippen molar-refractivity contribution >= 4 is 11.9 Å². The third kappa shape index (κ3) is 3.44. The molecule has 21 heavy (non-hydrogen) atoms. The Morgan fingerprint density at radius 2 is 2.10 bits per heavy atom. The number of carbonyl (C=O) groups is 2. The summed E-state index contributed by atoms with van der Waals surface area (Å²) in [7, 11) is 0. The van der Waals surface area contributed by atoms with Crippen LogP contribution in [0.1, 0.15) is 30.8 Å². The number of amides is 1. The van der Waals surface area contributed by atoms with Gasteiger partial charge in [-0.1, -0.05) is 13.8 Å². The number of carbonyl (C=O) groups excluding carboxylic acids is 1. The highest BCUT2D eigenvalue weighted by atomic mass is 16.4.